The molecule has 0 bridgehead atoms. The lowest BCUT2D eigenvalue weighted by Crippen LogP contribution is -3.06. The van der Waals surface area contributed by atoms with Gasteiger partial charge in [-0.05, 0) is 56.9 Å². The van der Waals surface area contributed by atoms with Gasteiger partial charge < -0.3 is 15.0 Å². The Hall–Kier alpha value is -0.900. The molecule has 25 heavy (non-hydrogen) atoms. The van der Waals surface area contributed by atoms with Gasteiger partial charge in [0.05, 0.1) is 39.3 Å². The smallest absolute Gasteiger partial charge is 0.0821 e. The maximum Gasteiger partial charge on any atom is 0.0821 e. The summed E-state index contributed by atoms with van der Waals surface area (Å²) < 4.78 is 5.97. The largest absolute Gasteiger partial charge is 0.376 e. The van der Waals surface area contributed by atoms with Crippen LogP contribution in [0.3, 0.4) is 0 Å². The summed E-state index contributed by atoms with van der Waals surface area (Å²) in [7, 11) is 4.48. The molecule has 0 aromatic heterocycles. The van der Waals surface area contributed by atoms with Gasteiger partial charge >= 0.3 is 0 Å². The molecule has 1 aromatic carbocycles. The Balaban J connectivity index is 1.86. The molecule has 3 N–H and O–H groups in total. The third-order valence-electron chi connectivity index (χ3n) is 5.57. The average Bonchev–Trinajstić information content (AvgIpc) is 2.56. The summed E-state index contributed by atoms with van der Waals surface area (Å²) in [5, 5.41) is 2.53. The van der Waals surface area contributed by atoms with Gasteiger partial charge in [-0.2, -0.15) is 0 Å². The molecular weight excluding hydrogens is 308 g/mol. The fourth-order valence-electron chi connectivity index (χ4n) is 4.18. The molecule has 1 aromatic rings. The molecular formula is C22H40N2O+2. The van der Waals surface area contributed by atoms with Crippen molar-refractivity contribution >= 4 is 0 Å². The normalized spacial score (nSPS) is 21.4. The molecule has 1 aliphatic rings. The first-order chi connectivity index (χ1) is 12.0. The maximum absolute atomic E-state index is 5.97. The highest BCUT2D eigenvalue weighted by molar-refractivity contribution is 5.15. The van der Waals surface area contributed by atoms with Crippen LogP contribution in [0.2, 0.25) is 0 Å². The molecule has 2 rings (SSSR count). The number of rotatable bonds is 10. The van der Waals surface area contributed by atoms with Crippen LogP contribution < -0.4 is 10.2 Å². The first-order valence-corrected chi connectivity index (χ1v) is 10.2. The topological polar surface area (TPSA) is 30.3 Å². The maximum atomic E-state index is 5.97. The van der Waals surface area contributed by atoms with Crippen LogP contribution in [0.25, 0.3) is 0 Å². The summed E-state index contributed by atoms with van der Waals surface area (Å²) in [6.45, 7) is 9.25. The number of benzene rings is 1. The summed E-state index contributed by atoms with van der Waals surface area (Å²) in [5.41, 5.74) is 1.55. The number of nitrogens with one attached hydrogen (secondary N) is 1. The minimum Gasteiger partial charge on any atom is -0.376 e. The van der Waals surface area contributed by atoms with Gasteiger partial charge in [0, 0.05) is 13.0 Å². The molecule has 0 spiro atoms. The van der Waals surface area contributed by atoms with E-state index in [0.29, 0.717) is 0 Å². The predicted molar refractivity (Wildman–Crippen MR) is 105 cm³/mol. The first kappa shape index (κ1) is 20.4. The zero-order valence-corrected chi connectivity index (χ0v) is 16.9. The molecule has 2 atom stereocenters. The minimum absolute atomic E-state index is 0.0516. The summed E-state index contributed by atoms with van der Waals surface area (Å²) in [6, 6.07) is 11.1. The quantitative estimate of drug-likeness (QED) is 0.617. The Morgan fingerprint density at radius 2 is 1.96 bits per heavy atom. The van der Waals surface area contributed by atoms with Crippen molar-refractivity contribution in [2.45, 2.75) is 51.6 Å². The van der Waals surface area contributed by atoms with Crippen LogP contribution in [0, 0.1) is 11.8 Å². The van der Waals surface area contributed by atoms with Gasteiger partial charge in [0.25, 0.3) is 0 Å². The van der Waals surface area contributed by atoms with Gasteiger partial charge in [-0.1, -0.05) is 30.3 Å². The number of quaternary nitrogens is 2. The average molecular weight is 349 g/mol. The third kappa shape index (κ3) is 7.89. The van der Waals surface area contributed by atoms with E-state index in [1.807, 2.05) is 0 Å². The number of nitrogens with two attached hydrogens (primary N) is 1. The number of hydrogen-bond acceptors (Lipinski definition) is 1. The lowest BCUT2D eigenvalue weighted by atomic mass is 9.75. The van der Waals surface area contributed by atoms with Gasteiger partial charge in [0.15, 0.2) is 0 Å². The van der Waals surface area contributed by atoms with E-state index >= 15 is 0 Å². The summed E-state index contributed by atoms with van der Waals surface area (Å²) in [6.07, 6.45) is 6.29. The Morgan fingerprint density at radius 3 is 2.64 bits per heavy atom. The van der Waals surface area contributed by atoms with Crippen LogP contribution in [-0.4, -0.2) is 45.9 Å². The molecule has 0 aliphatic carbocycles. The van der Waals surface area contributed by atoms with Crippen molar-refractivity contribution in [3.63, 3.8) is 0 Å². The third-order valence-corrected chi connectivity index (χ3v) is 5.57. The molecule has 1 fully saturated rings. The van der Waals surface area contributed by atoms with Gasteiger partial charge in [-0.25, -0.2) is 0 Å². The SMILES string of the molecule is C[NH+](C)CCC[NH2+]CC[C@@H](Cc1ccccc1)[C@@H]1CCOC(C)(C)C1. The van der Waals surface area contributed by atoms with E-state index < -0.39 is 0 Å². The van der Waals surface area contributed by atoms with Gasteiger partial charge in [0.1, 0.15) is 0 Å². The van der Waals surface area contributed by atoms with E-state index in [4.69, 9.17) is 4.74 Å². The summed E-state index contributed by atoms with van der Waals surface area (Å²) in [4.78, 5) is 1.56. The summed E-state index contributed by atoms with van der Waals surface area (Å²) >= 11 is 0. The standard InChI is InChI=1S/C22H38N2O/c1-22(2)18-21(12-16-25-22)20(17-19-9-6-5-7-10-19)11-14-23-13-8-15-24(3)4/h5-7,9-10,20-21,23H,8,11-18H2,1-4H3/p+2/t20-,21+/m0/s1. The molecule has 1 heterocycles. The second kappa shape index (κ2) is 10.3. The van der Waals surface area contributed by atoms with E-state index in [-0.39, 0.29) is 5.60 Å². The molecule has 0 radical (unpaired) electrons. The predicted octanol–water partition coefficient (Wildman–Crippen LogP) is 1.54. The van der Waals surface area contributed by atoms with Crippen LogP contribution in [0.4, 0.5) is 0 Å². The van der Waals surface area contributed by atoms with Crippen molar-refractivity contribution in [2.75, 3.05) is 40.3 Å². The van der Waals surface area contributed by atoms with Crippen LogP contribution in [0.1, 0.15) is 45.1 Å². The molecule has 0 saturated carbocycles. The van der Waals surface area contributed by atoms with Gasteiger partial charge in [-0.3, -0.25) is 0 Å². The molecule has 3 nitrogen and oxygen atoms in total. The molecule has 142 valence electrons. The van der Waals surface area contributed by atoms with E-state index in [9.17, 15) is 0 Å². The Bertz CT molecular complexity index is 472. The molecule has 1 aliphatic heterocycles. The lowest BCUT2D eigenvalue weighted by molar-refractivity contribution is -0.860. The fraction of sp³-hybridized carbons (Fsp3) is 0.727. The lowest BCUT2D eigenvalue weighted by Gasteiger charge is -2.39. The van der Waals surface area contributed by atoms with Crippen LogP contribution >= 0.6 is 0 Å². The second-order valence-electron chi connectivity index (χ2n) is 8.78. The Kier molecular flexibility index (Phi) is 8.41. The molecule has 3 heteroatoms. The van der Waals surface area contributed by atoms with E-state index in [1.165, 1.54) is 57.3 Å². The molecule has 0 unspecified atom stereocenters. The number of ether oxygens (including phenoxy) is 1. The van der Waals surface area contributed by atoms with E-state index in [1.54, 1.807) is 4.90 Å². The van der Waals surface area contributed by atoms with Crippen molar-refractivity contribution in [3.8, 4) is 0 Å². The van der Waals surface area contributed by atoms with Gasteiger partial charge in [0.2, 0.25) is 0 Å². The fourth-order valence-corrected chi connectivity index (χ4v) is 4.18. The summed E-state index contributed by atoms with van der Waals surface area (Å²) in [5.74, 6) is 1.57. The van der Waals surface area contributed by atoms with Crippen LogP contribution in [0.5, 0.6) is 0 Å². The Morgan fingerprint density at radius 1 is 1.20 bits per heavy atom. The highest BCUT2D eigenvalue weighted by atomic mass is 16.5. The van der Waals surface area contributed by atoms with Gasteiger partial charge in [-0.15, -0.1) is 0 Å². The molecule has 0 amide bonds. The van der Waals surface area contributed by atoms with E-state index in [2.05, 4.69) is 63.6 Å². The van der Waals surface area contributed by atoms with Crippen LogP contribution in [0.15, 0.2) is 30.3 Å². The van der Waals surface area contributed by atoms with Crippen molar-refractivity contribution in [3.05, 3.63) is 35.9 Å². The van der Waals surface area contributed by atoms with Crippen molar-refractivity contribution < 1.29 is 15.0 Å². The number of hydrogen-bond donors (Lipinski definition) is 2. The van der Waals surface area contributed by atoms with Crippen molar-refractivity contribution in [2.24, 2.45) is 11.8 Å². The zero-order valence-electron chi connectivity index (χ0n) is 16.9. The van der Waals surface area contributed by atoms with E-state index in [0.717, 1.165) is 18.4 Å². The van der Waals surface area contributed by atoms with Crippen molar-refractivity contribution in [1.29, 1.82) is 0 Å². The molecule has 1 saturated heterocycles. The van der Waals surface area contributed by atoms with Crippen molar-refractivity contribution in [1.82, 2.24) is 0 Å². The monoisotopic (exact) mass is 348 g/mol. The zero-order chi connectivity index (χ0) is 18.1. The second-order valence-corrected chi connectivity index (χ2v) is 8.78. The highest BCUT2D eigenvalue weighted by Gasteiger charge is 2.33. The first-order valence-electron chi connectivity index (χ1n) is 10.2. The Labute approximate surface area is 155 Å². The minimum atomic E-state index is 0.0516. The van der Waals surface area contributed by atoms with Crippen LogP contribution in [-0.2, 0) is 11.2 Å². The highest BCUT2D eigenvalue weighted by Crippen LogP contribution is 2.36.